The smallest absolute Gasteiger partial charge is 0.307 e. The maximum absolute atomic E-state index is 11.4. The van der Waals surface area contributed by atoms with Gasteiger partial charge in [-0.15, -0.1) is 0 Å². The Morgan fingerprint density at radius 2 is 1.09 bits per heavy atom. The summed E-state index contributed by atoms with van der Waals surface area (Å²) in [5, 5.41) is 0. The molecule has 0 radical (unpaired) electrons. The van der Waals surface area contributed by atoms with Crippen molar-refractivity contribution >= 4 is 11.9 Å². The number of nitrogens with zero attached hydrogens (tertiary/aromatic N) is 2. The number of carbonyl (C=O) groups is 2. The summed E-state index contributed by atoms with van der Waals surface area (Å²) in [4.78, 5) is 31.4. The molecule has 0 spiro atoms. The van der Waals surface area contributed by atoms with Crippen LogP contribution in [0.5, 0.6) is 0 Å². The molecule has 2 N–H and O–H groups in total. The van der Waals surface area contributed by atoms with Crippen molar-refractivity contribution in [2.24, 2.45) is 5.73 Å². The van der Waals surface area contributed by atoms with Gasteiger partial charge in [-0.25, -0.2) is 0 Å². The number of hydrogen-bond donors (Lipinski definition) is 1. The summed E-state index contributed by atoms with van der Waals surface area (Å²) in [6, 6.07) is 16.2. The first-order valence-electron chi connectivity index (χ1n) is 14.0. The number of ether oxygens (including phenoxy) is 2. The Kier molecular flexibility index (Phi) is 13.2. The molecule has 43 heavy (non-hydrogen) atoms. The van der Waals surface area contributed by atoms with Crippen LogP contribution in [-0.4, -0.2) is 36.1 Å². The van der Waals surface area contributed by atoms with Gasteiger partial charge in [0.2, 0.25) is 0 Å². The van der Waals surface area contributed by atoms with Gasteiger partial charge in [-0.05, 0) is 90.3 Å². The first kappa shape index (κ1) is 34.8. The number of carbonyl (C=O) groups excluding carboxylic acids is 2. The zero-order chi connectivity index (χ0) is 30.8. The molecule has 2 aromatic carbocycles. The summed E-state index contributed by atoms with van der Waals surface area (Å²) in [6.45, 7) is 10.4. The second-order valence-electron chi connectivity index (χ2n) is 10.6. The molecule has 0 aliphatic rings. The van der Waals surface area contributed by atoms with E-state index in [9.17, 15) is 9.59 Å². The van der Waals surface area contributed by atoms with E-state index < -0.39 is 6.04 Å². The second kappa shape index (κ2) is 16.3. The lowest BCUT2D eigenvalue weighted by atomic mass is 9.93. The first-order valence-corrected chi connectivity index (χ1v) is 14.0. The molecule has 0 saturated carbocycles. The third-order valence-corrected chi connectivity index (χ3v) is 7.37. The van der Waals surface area contributed by atoms with Crippen LogP contribution in [0.3, 0.4) is 0 Å². The molecule has 0 saturated heterocycles. The quantitative estimate of drug-likeness (QED) is 0.213. The summed E-state index contributed by atoms with van der Waals surface area (Å²) < 4.78 is 9.39. The van der Waals surface area contributed by atoms with E-state index in [1.165, 1.54) is 42.0 Å². The highest BCUT2D eigenvalue weighted by Gasteiger charge is 2.15. The highest BCUT2D eigenvalue weighted by atomic mass is 16.5. The third-order valence-electron chi connectivity index (χ3n) is 7.37. The van der Waals surface area contributed by atoms with E-state index in [1.807, 2.05) is 37.6 Å². The van der Waals surface area contributed by atoms with E-state index >= 15 is 0 Å². The highest BCUT2D eigenvalue weighted by Crippen LogP contribution is 2.30. The van der Waals surface area contributed by atoms with E-state index in [0.717, 1.165) is 27.8 Å². The molecule has 2 aromatic heterocycles. The Balaban J connectivity index is 0.000000293. The molecule has 0 fully saturated rings. The normalized spacial score (nSPS) is 11.7. The average Bonchev–Trinajstić information content (AvgIpc) is 2.97. The summed E-state index contributed by atoms with van der Waals surface area (Å²) >= 11 is 0. The van der Waals surface area contributed by atoms with Crippen molar-refractivity contribution in [3.05, 3.63) is 107 Å². The largest absolute Gasteiger partial charge is 0.469 e. The van der Waals surface area contributed by atoms with Gasteiger partial charge in [-0.2, -0.15) is 0 Å². The molecule has 0 amide bonds. The number of benzene rings is 2. The fraction of sp³-hybridized carbons (Fsp3) is 0.333. The van der Waals surface area contributed by atoms with Crippen molar-refractivity contribution in [2.75, 3.05) is 14.2 Å². The zero-order valence-electron chi connectivity index (χ0n) is 25.6. The molecule has 0 unspecified atom stereocenters. The number of rotatable bonds is 8. The van der Waals surface area contributed by atoms with Crippen LogP contribution in [0.2, 0.25) is 0 Å². The predicted octanol–water partition coefficient (Wildman–Crippen LogP) is 7.60. The van der Waals surface area contributed by atoms with E-state index in [1.54, 1.807) is 6.20 Å². The number of methoxy groups -OCH3 is 2. The van der Waals surface area contributed by atoms with Gasteiger partial charge in [0.25, 0.3) is 0 Å². The van der Waals surface area contributed by atoms with E-state index in [-0.39, 0.29) is 31.7 Å². The van der Waals surface area contributed by atoms with Crippen molar-refractivity contribution in [3.63, 3.8) is 0 Å². The minimum Gasteiger partial charge on any atom is -0.469 e. The Morgan fingerprint density at radius 1 is 0.698 bits per heavy atom. The highest BCUT2D eigenvalue weighted by molar-refractivity contribution is 5.73. The van der Waals surface area contributed by atoms with Gasteiger partial charge in [0.15, 0.2) is 0 Å². The van der Waals surface area contributed by atoms with Crippen molar-refractivity contribution < 1.29 is 19.1 Å². The maximum Gasteiger partial charge on any atom is 0.307 e. The monoisotopic (exact) mass is 583 g/mol. The van der Waals surface area contributed by atoms with Crippen molar-refractivity contribution in [1.82, 2.24) is 9.97 Å². The number of pyridine rings is 2. The van der Waals surface area contributed by atoms with Crippen LogP contribution in [0, 0.1) is 27.7 Å². The number of esters is 2. The van der Waals surface area contributed by atoms with Crippen LogP contribution in [0.1, 0.15) is 72.5 Å². The topological polar surface area (TPSA) is 104 Å². The molecule has 4 rings (SSSR count). The molecule has 2 heterocycles. The number of nitrogens with two attached hydrogens (primary N) is 1. The number of aromatic nitrogens is 2. The Morgan fingerprint density at radius 3 is 1.53 bits per heavy atom. The van der Waals surface area contributed by atoms with Gasteiger partial charge in [0.1, 0.15) is 0 Å². The summed E-state index contributed by atoms with van der Waals surface area (Å²) in [7, 11) is 2.78. The molecule has 0 bridgehead atoms. The molecule has 7 nitrogen and oxygen atoms in total. The lowest BCUT2D eigenvalue weighted by molar-refractivity contribution is -0.141. The van der Waals surface area contributed by atoms with Gasteiger partial charge >= 0.3 is 11.9 Å². The predicted molar refractivity (Wildman–Crippen MR) is 174 cm³/mol. The summed E-state index contributed by atoms with van der Waals surface area (Å²) in [5.74, 6) is -0.422. The van der Waals surface area contributed by atoms with Gasteiger partial charge < -0.3 is 15.2 Å². The SMILES string of the molecule is C.COC(=O)C[C@H](C)c1cncc(-c2c(C)cccc2C)c1.COC(=O)C[C@H](N)c1cncc(-c2c(C)cccc2C)c1. The van der Waals surface area contributed by atoms with Crippen LogP contribution in [0.4, 0.5) is 0 Å². The van der Waals surface area contributed by atoms with Gasteiger partial charge in [-0.1, -0.05) is 50.7 Å². The van der Waals surface area contributed by atoms with Gasteiger partial charge in [0.05, 0.1) is 27.1 Å². The van der Waals surface area contributed by atoms with Gasteiger partial charge in [0, 0.05) is 42.0 Å². The molecular formula is C36H45N3O4. The molecule has 7 heteroatoms. The fourth-order valence-corrected chi connectivity index (χ4v) is 5.03. The zero-order valence-corrected chi connectivity index (χ0v) is 25.6. The van der Waals surface area contributed by atoms with E-state index in [0.29, 0.717) is 6.42 Å². The van der Waals surface area contributed by atoms with Crippen molar-refractivity contribution in [2.45, 2.75) is 66.8 Å². The number of hydrogen-bond acceptors (Lipinski definition) is 7. The minimum absolute atomic E-state index is 0. The molecule has 2 atom stereocenters. The second-order valence-corrected chi connectivity index (χ2v) is 10.6. The molecule has 4 aromatic rings. The summed E-state index contributed by atoms with van der Waals surface area (Å²) in [5.41, 5.74) is 17.3. The average molecular weight is 584 g/mol. The first-order chi connectivity index (χ1) is 20.0. The Bertz CT molecular complexity index is 1380. The van der Waals surface area contributed by atoms with Crippen LogP contribution in [0.15, 0.2) is 73.3 Å². The molecular weight excluding hydrogens is 538 g/mol. The van der Waals surface area contributed by atoms with Crippen LogP contribution in [-0.2, 0) is 19.1 Å². The van der Waals surface area contributed by atoms with Crippen LogP contribution < -0.4 is 5.73 Å². The molecule has 0 aliphatic heterocycles. The van der Waals surface area contributed by atoms with E-state index in [4.69, 9.17) is 10.5 Å². The van der Waals surface area contributed by atoms with Crippen LogP contribution in [0.25, 0.3) is 22.3 Å². The summed E-state index contributed by atoms with van der Waals surface area (Å²) in [6.07, 6.45) is 7.74. The lowest BCUT2D eigenvalue weighted by Crippen LogP contribution is -2.16. The maximum atomic E-state index is 11.4. The third kappa shape index (κ3) is 9.32. The van der Waals surface area contributed by atoms with E-state index in [2.05, 4.69) is 78.8 Å². The minimum atomic E-state index is -0.408. The fourth-order valence-electron chi connectivity index (χ4n) is 5.03. The molecule has 228 valence electrons. The van der Waals surface area contributed by atoms with Crippen LogP contribution >= 0.6 is 0 Å². The number of aryl methyl sites for hydroxylation is 4. The van der Waals surface area contributed by atoms with Gasteiger partial charge in [-0.3, -0.25) is 19.6 Å². The lowest BCUT2D eigenvalue weighted by Gasteiger charge is -2.14. The van der Waals surface area contributed by atoms with Crippen molar-refractivity contribution in [1.29, 1.82) is 0 Å². The standard InChI is InChI=1S/C18H21NO2.C17H20N2O2.CH4/c1-12-6-5-7-13(2)18(12)16-9-15(10-19-11-16)14(3)8-17(20)21-4;1-11-5-4-6-12(2)17(11)14-7-13(9-19-10-14)15(18)8-16(20)21-3;/h5-7,9-11,14H,8H2,1-4H3;4-7,9-10,15H,8,18H2,1-3H3;1H4/t14-;15-;/m00./s1. The Hall–Kier alpha value is -4.36. The van der Waals surface area contributed by atoms with Crippen molar-refractivity contribution in [3.8, 4) is 22.3 Å². The molecule has 0 aliphatic carbocycles. The Labute approximate surface area is 256 Å².